The first kappa shape index (κ1) is 46.8. The molecule has 0 heterocycles. The average Bonchev–Trinajstić information content (AvgIpc) is 2.78. The SMILES string of the molecule is OC[C@@](F)(OC(F)(F)[C@](F)(OC(F)(F)[C@@](F)(OC(F)(F)[C@@](F)(OC(F)(F)C(F)(F)C(F)(F)F)C(F)(F)F)C(F)(F)F)C(F)(F)F)C(F)(F)F. The summed E-state index contributed by atoms with van der Waals surface area (Å²) in [5.74, 6) is -42.2. The van der Waals surface area contributed by atoms with Crippen molar-refractivity contribution in [3.8, 4) is 0 Å². The lowest BCUT2D eigenvalue weighted by atomic mass is 10.2. The Balaban J connectivity index is 7.61. The topological polar surface area (TPSA) is 57.2 Å². The smallest absolute Gasteiger partial charge is 0.390 e. The normalized spacial score (nSPS) is 20.7. The maximum absolute atomic E-state index is 14.3. The van der Waals surface area contributed by atoms with Crippen molar-refractivity contribution in [2.75, 3.05) is 6.61 Å². The minimum absolute atomic E-state index is 0.845. The van der Waals surface area contributed by atoms with Gasteiger partial charge in [0.25, 0.3) is 0 Å². The molecular weight excluding hydrogens is 811 g/mol. The van der Waals surface area contributed by atoms with Crippen molar-refractivity contribution in [3.63, 3.8) is 0 Å². The third-order valence-corrected chi connectivity index (χ3v) is 4.66. The number of rotatable bonds is 13. The van der Waals surface area contributed by atoms with E-state index in [9.17, 15) is 127 Å². The van der Waals surface area contributed by atoms with Crippen LogP contribution in [-0.4, -0.2) is 96.4 Å². The molecule has 4 atom stereocenters. The van der Waals surface area contributed by atoms with E-state index in [2.05, 4.69) is 0 Å². The maximum Gasteiger partial charge on any atom is 0.462 e. The van der Waals surface area contributed by atoms with Gasteiger partial charge in [-0.3, -0.25) is 18.9 Å². The van der Waals surface area contributed by atoms with Gasteiger partial charge in [-0.2, -0.15) is 127 Å². The van der Waals surface area contributed by atoms with Crippen molar-refractivity contribution in [2.24, 2.45) is 0 Å². The number of hydrogen-bond donors (Lipinski definition) is 1. The van der Waals surface area contributed by atoms with Crippen LogP contribution in [0.1, 0.15) is 0 Å². The number of aliphatic hydroxyl groups is 1. The van der Waals surface area contributed by atoms with Crippen LogP contribution in [0, 0.1) is 0 Å². The van der Waals surface area contributed by atoms with Gasteiger partial charge in [0, 0.05) is 0 Å². The van der Waals surface area contributed by atoms with Crippen molar-refractivity contribution in [1.82, 2.24) is 0 Å². The summed E-state index contributed by atoms with van der Waals surface area (Å²) in [4.78, 5) is 0. The Kier molecular flexibility index (Phi) is 11.6. The van der Waals surface area contributed by atoms with Gasteiger partial charge < -0.3 is 5.11 Å². The lowest BCUT2D eigenvalue weighted by Gasteiger charge is -2.44. The third-order valence-electron chi connectivity index (χ3n) is 4.66. The zero-order valence-electron chi connectivity index (χ0n) is 20.7. The van der Waals surface area contributed by atoms with Crippen LogP contribution in [0.3, 0.4) is 0 Å². The number of halogens is 29. The molecule has 296 valence electrons. The van der Waals surface area contributed by atoms with E-state index in [-0.39, 0.29) is 0 Å². The minimum atomic E-state index is -9.19. The standard InChI is InChI=1S/C15H3F29O5/c16-2(1-45,7(22,23)24)46-13(39,40)4(19,9(28,29)30)48-15(43,44)6(21,11(34,35)36)49-14(41,42)5(20,10(31,32)33)47-12(37,38)3(17,18)8(25,26)27/h45H,1H2/t2-,4-,5+,6+/m1/s1. The van der Waals surface area contributed by atoms with Crippen molar-refractivity contribution in [3.05, 3.63) is 0 Å². The number of hydrogen-bond acceptors (Lipinski definition) is 5. The Bertz CT molecular complexity index is 1150. The molecule has 0 aliphatic heterocycles. The lowest BCUT2D eigenvalue weighted by Crippen LogP contribution is -2.72. The predicted molar refractivity (Wildman–Crippen MR) is 81.8 cm³/mol. The highest BCUT2D eigenvalue weighted by atomic mass is 19.4. The molecule has 34 heteroatoms. The summed E-state index contributed by atoms with van der Waals surface area (Å²) in [6, 6.07) is 0. The zero-order chi connectivity index (χ0) is 40.5. The number of alkyl halides is 29. The monoisotopic (exact) mass is 814 g/mol. The molecule has 5 nitrogen and oxygen atoms in total. The molecule has 0 aromatic heterocycles. The van der Waals surface area contributed by atoms with E-state index < -0.39 is 91.3 Å². The van der Waals surface area contributed by atoms with Gasteiger partial charge in [0.05, 0.1) is 0 Å². The maximum atomic E-state index is 14.3. The quantitative estimate of drug-likeness (QED) is 0.189. The van der Waals surface area contributed by atoms with Gasteiger partial charge >= 0.3 is 84.7 Å². The largest absolute Gasteiger partial charge is 0.462 e. The van der Waals surface area contributed by atoms with Crippen molar-refractivity contribution < 1.29 is 151 Å². The van der Waals surface area contributed by atoms with Crippen LogP contribution in [0.25, 0.3) is 0 Å². The van der Waals surface area contributed by atoms with Gasteiger partial charge in [-0.1, -0.05) is 0 Å². The molecule has 0 saturated heterocycles. The van der Waals surface area contributed by atoms with Crippen LogP contribution in [0.2, 0.25) is 0 Å². The van der Waals surface area contributed by atoms with Crippen LogP contribution < -0.4 is 0 Å². The van der Waals surface area contributed by atoms with Crippen LogP contribution in [0.4, 0.5) is 127 Å². The second-order valence-corrected chi connectivity index (χ2v) is 8.21. The average molecular weight is 814 g/mol. The van der Waals surface area contributed by atoms with Crippen LogP contribution in [-0.2, 0) is 18.9 Å². The minimum Gasteiger partial charge on any atom is -0.390 e. The van der Waals surface area contributed by atoms with Crippen LogP contribution in [0.15, 0.2) is 0 Å². The van der Waals surface area contributed by atoms with Gasteiger partial charge in [-0.05, 0) is 0 Å². The Hall–Kier alpha value is -2.23. The summed E-state index contributed by atoms with van der Waals surface area (Å²) in [6.45, 7) is -3.78. The molecule has 0 radical (unpaired) electrons. The highest BCUT2D eigenvalue weighted by Gasteiger charge is 2.90. The molecule has 0 aliphatic rings. The fourth-order valence-corrected chi connectivity index (χ4v) is 2.19. The Morgan fingerprint density at radius 2 is 0.510 bits per heavy atom. The van der Waals surface area contributed by atoms with Gasteiger partial charge in [-0.25, -0.2) is 0 Å². The van der Waals surface area contributed by atoms with Gasteiger partial charge in [0.2, 0.25) is 0 Å². The summed E-state index contributed by atoms with van der Waals surface area (Å²) in [5.41, 5.74) is 0. The lowest BCUT2D eigenvalue weighted by molar-refractivity contribution is -0.593. The molecular formula is C15H3F29O5. The van der Waals surface area contributed by atoms with Crippen molar-refractivity contribution >= 4 is 0 Å². The van der Waals surface area contributed by atoms with Crippen molar-refractivity contribution in [2.45, 2.75) is 84.7 Å². The van der Waals surface area contributed by atoms with Crippen molar-refractivity contribution in [1.29, 1.82) is 0 Å². The second-order valence-electron chi connectivity index (χ2n) is 8.21. The van der Waals surface area contributed by atoms with E-state index in [1.54, 1.807) is 0 Å². The van der Waals surface area contributed by atoms with Gasteiger partial charge in [0.15, 0.2) is 0 Å². The molecule has 0 spiro atoms. The van der Waals surface area contributed by atoms with E-state index in [1.165, 1.54) is 4.74 Å². The summed E-state index contributed by atoms with van der Waals surface area (Å²) in [6.07, 6.45) is -76.7. The molecule has 1 N–H and O–H groups in total. The Morgan fingerprint density at radius 1 is 0.286 bits per heavy atom. The van der Waals surface area contributed by atoms with Gasteiger partial charge in [-0.15, -0.1) is 0 Å². The molecule has 0 rings (SSSR count). The van der Waals surface area contributed by atoms with E-state index in [1.807, 2.05) is 0 Å². The fraction of sp³-hybridized carbons (Fsp3) is 1.00. The van der Waals surface area contributed by atoms with E-state index in [4.69, 9.17) is 5.11 Å². The highest BCUT2D eigenvalue weighted by molar-refractivity contribution is 4.99. The molecule has 0 aliphatic carbocycles. The first-order valence-corrected chi connectivity index (χ1v) is 10.0. The summed E-state index contributed by atoms with van der Waals surface area (Å²) >= 11 is 0. The van der Waals surface area contributed by atoms with E-state index in [0.29, 0.717) is 0 Å². The molecule has 49 heavy (non-hydrogen) atoms. The number of aliphatic hydroxyl groups excluding tert-OH is 1. The Morgan fingerprint density at radius 3 is 0.694 bits per heavy atom. The summed E-state index contributed by atoms with van der Waals surface area (Å²) < 4.78 is 386. The molecule has 0 aromatic rings. The molecule has 0 fully saturated rings. The zero-order valence-corrected chi connectivity index (χ0v) is 20.7. The first-order valence-electron chi connectivity index (χ1n) is 10.0. The van der Waals surface area contributed by atoms with Crippen LogP contribution in [0.5, 0.6) is 0 Å². The first-order chi connectivity index (χ1) is 20.6. The Labute approximate surface area is 244 Å². The highest BCUT2D eigenvalue weighted by Crippen LogP contribution is 2.61. The number of ether oxygens (including phenoxy) is 4. The predicted octanol–water partition coefficient (Wildman–Crippen LogP) is 8.53. The summed E-state index contributed by atoms with van der Waals surface area (Å²) in [5, 5.41) is 8.11. The van der Waals surface area contributed by atoms with E-state index >= 15 is 0 Å². The summed E-state index contributed by atoms with van der Waals surface area (Å²) in [7, 11) is 0. The molecule has 0 aromatic carbocycles. The molecule has 0 saturated carbocycles. The fourth-order valence-electron chi connectivity index (χ4n) is 2.19. The van der Waals surface area contributed by atoms with E-state index in [0.717, 1.165) is 14.2 Å². The molecule has 0 bridgehead atoms. The second kappa shape index (κ2) is 12.2. The third kappa shape index (κ3) is 7.84. The molecule has 0 unspecified atom stereocenters. The van der Waals surface area contributed by atoms with Crippen LogP contribution >= 0.6 is 0 Å². The van der Waals surface area contributed by atoms with Gasteiger partial charge in [0.1, 0.15) is 6.61 Å². The molecule has 0 amide bonds.